The van der Waals surface area contributed by atoms with E-state index < -0.39 is 0 Å². The zero-order valence-electron chi connectivity index (χ0n) is 13.6. The maximum absolute atomic E-state index is 12.6. The first kappa shape index (κ1) is 16.0. The summed E-state index contributed by atoms with van der Waals surface area (Å²) in [7, 11) is 1.78. The van der Waals surface area contributed by atoms with E-state index in [-0.39, 0.29) is 5.69 Å². The Balaban J connectivity index is 1.92. The molecule has 0 spiro atoms. The average Bonchev–Trinajstić information content (AvgIpc) is 2.86. The second kappa shape index (κ2) is 7.11. The third-order valence-electron chi connectivity index (χ3n) is 4.06. The minimum absolute atomic E-state index is 0.0515. The van der Waals surface area contributed by atoms with Gasteiger partial charge in [0.05, 0.1) is 23.8 Å². The number of rotatable bonds is 6. The Bertz CT molecular complexity index is 920. The molecule has 0 saturated carbocycles. The smallest absolute Gasteiger partial charge is 0.295 e. The van der Waals surface area contributed by atoms with Crippen LogP contribution in [0.15, 0.2) is 53.6 Å². The minimum Gasteiger partial charge on any atom is -0.295 e. The molecular formula is C18H19N5O. The molecular weight excluding hydrogens is 302 g/mol. The van der Waals surface area contributed by atoms with E-state index in [1.165, 1.54) is 0 Å². The molecule has 2 aromatic heterocycles. The van der Waals surface area contributed by atoms with E-state index in [0.717, 1.165) is 16.6 Å². The summed E-state index contributed by atoms with van der Waals surface area (Å²) in [5.41, 5.74) is 2.82. The molecule has 6 nitrogen and oxygen atoms in total. The summed E-state index contributed by atoms with van der Waals surface area (Å²) >= 11 is 0. The van der Waals surface area contributed by atoms with E-state index in [9.17, 15) is 4.79 Å². The maximum atomic E-state index is 12.6. The molecule has 3 rings (SSSR count). The predicted octanol–water partition coefficient (Wildman–Crippen LogP) is 2.11. The standard InChI is InChI=1S/C18H19N5O/c1-21-16-7-2-3-8-17(16)23(18(21)24)14-22(11-5-9-19)13-15-6-4-10-20-12-15/h2-4,6-8,10,12H,5,11,13-14H2,1H3. The number of imidazole rings is 1. The Morgan fingerprint density at radius 2 is 2.00 bits per heavy atom. The van der Waals surface area contributed by atoms with Crippen LogP contribution in [0.5, 0.6) is 0 Å². The van der Waals surface area contributed by atoms with Crippen molar-refractivity contribution in [2.75, 3.05) is 6.54 Å². The number of hydrogen-bond acceptors (Lipinski definition) is 4. The van der Waals surface area contributed by atoms with Gasteiger partial charge >= 0.3 is 5.69 Å². The van der Waals surface area contributed by atoms with Crippen LogP contribution in [0.4, 0.5) is 0 Å². The molecule has 0 aliphatic heterocycles. The monoisotopic (exact) mass is 321 g/mol. The third-order valence-corrected chi connectivity index (χ3v) is 4.06. The summed E-state index contributed by atoms with van der Waals surface area (Å²) < 4.78 is 3.41. The van der Waals surface area contributed by atoms with E-state index in [1.54, 1.807) is 22.4 Å². The lowest BCUT2D eigenvalue weighted by molar-refractivity contribution is 0.213. The second-order valence-corrected chi connectivity index (χ2v) is 5.72. The molecule has 0 radical (unpaired) electrons. The Hall–Kier alpha value is -2.91. The molecule has 0 fully saturated rings. The van der Waals surface area contributed by atoms with E-state index in [0.29, 0.717) is 26.2 Å². The quantitative estimate of drug-likeness (QED) is 0.697. The van der Waals surface area contributed by atoms with Crippen LogP contribution in [0.3, 0.4) is 0 Å². The Morgan fingerprint density at radius 1 is 1.21 bits per heavy atom. The molecule has 0 bridgehead atoms. The second-order valence-electron chi connectivity index (χ2n) is 5.72. The Kier molecular flexibility index (Phi) is 4.73. The van der Waals surface area contributed by atoms with Gasteiger partial charge in [-0.2, -0.15) is 5.26 Å². The highest BCUT2D eigenvalue weighted by Crippen LogP contribution is 2.13. The SMILES string of the molecule is Cn1c(=O)n(CN(CCC#N)Cc2cccnc2)c2ccccc21. The van der Waals surface area contributed by atoms with Crippen molar-refractivity contribution in [2.45, 2.75) is 19.6 Å². The zero-order chi connectivity index (χ0) is 16.9. The molecule has 0 N–H and O–H groups in total. The van der Waals surface area contributed by atoms with Gasteiger partial charge in [-0.15, -0.1) is 0 Å². The van der Waals surface area contributed by atoms with Crippen LogP contribution in [-0.4, -0.2) is 25.6 Å². The number of aromatic nitrogens is 3. The number of fused-ring (bicyclic) bond motifs is 1. The van der Waals surface area contributed by atoms with Crippen molar-refractivity contribution in [3.05, 3.63) is 64.8 Å². The van der Waals surface area contributed by atoms with E-state index >= 15 is 0 Å². The fraction of sp³-hybridized carbons (Fsp3) is 0.278. The van der Waals surface area contributed by atoms with E-state index in [2.05, 4.69) is 16.0 Å². The van der Waals surface area contributed by atoms with Crippen LogP contribution in [0.1, 0.15) is 12.0 Å². The van der Waals surface area contributed by atoms with Gasteiger partial charge in [0.2, 0.25) is 0 Å². The van der Waals surface area contributed by atoms with Gasteiger partial charge in [0.25, 0.3) is 0 Å². The Morgan fingerprint density at radius 3 is 2.71 bits per heavy atom. The zero-order valence-corrected chi connectivity index (χ0v) is 13.6. The summed E-state index contributed by atoms with van der Waals surface area (Å²) in [6.07, 6.45) is 3.96. The molecule has 1 aromatic carbocycles. The highest BCUT2D eigenvalue weighted by molar-refractivity contribution is 5.75. The molecule has 122 valence electrons. The number of para-hydroxylation sites is 2. The van der Waals surface area contributed by atoms with Crippen molar-refractivity contribution in [3.8, 4) is 6.07 Å². The van der Waals surface area contributed by atoms with Crippen LogP contribution in [0.25, 0.3) is 11.0 Å². The van der Waals surface area contributed by atoms with Crippen molar-refractivity contribution >= 4 is 11.0 Å². The average molecular weight is 321 g/mol. The Labute approximate surface area is 140 Å². The summed E-state index contributed by atoms with van der Waals surface area (Å²) in [6, 6.07) is 13.8. The maximum Gasteiger partial charge on any atom is 0.329 e. The minimum atomic E-state index is -0.0515. The van der Waals surface area contributed by atoms with Gasteiger partial charge < -0.3 is 0 Å². The molecule has 0 amide bonds. The van der Waals surface area contributed by atoms with Gasteiger partial charge in [0.1, 0.15) is 0 Å². The van der Waals surface area contributed by atoms with Crippen LogP contribution < -0.4 is 5.69 Å². The number of nitrogens with zero attached hydrogens (tertiary/aromatic N) is 5. The molecule has 0 aliphatic carbocycles. The van der Waals surface area contributed by atoms with Crippen molar-refractivity contribution in [1.29, 1.82) is 5.26 Å². The molecule has 2 heterocycles. The van der Waals surface area contributed by atoms with Crippen LogP contribution >= 0.6 is 0 Å². The topological polar surface area (TPSA) is 66.8 Å². The molecule has 3 aromatic rings. The van der Waals surface area contributed by atoms with Crippen molar-refractivity contribution in [3.63, 3.8) is 0 Å². The number of nitriles is 1. The van der Waals surface area contributed by atoms with E-state index in [1.807, 2.05) is 42.6 Å². The van der Waals surface area contributed by atoms with Crippen LogP contribution in [0.2, 0.25) is 0 Å². The van der Waals surface area contributed by atoms with Crippen LogP contribution in [0, 0.1) is 11.3 Å². The van der Waals surface area contributed by atoms with Gasteiger partial charge in [0.15, 0.2) is 0 Å². The van der Waals surface area contributed by atoms with Crippen molar-refractivity contribution < 1.29 is 0 Å². The molecule has 0 saturated heterocycles. The molecule has 0 unspecified atom stereocenters. The predicted molar refractivity (Wildman–Crippen MR) is 92.1 cm³/mol. The number of pyridine rings is 1. The molecule has 0 aliphatic rings. The van der Waals surface area contributed by atoms with Crippen LogP contribution in [-0.2, 0) is 20.3 Å². The lowest BCUT2D eigenvalue weighted by Crippen LogP contribution is -2.33. The lowest BCUT2D eigenvalue weighted by Gasteiger charge is -2.21. The summed E-state index contributed by atoms with van der Waals surface area (Å²) in [5.74, 6) is 0. The third kappa shape index (κ3) is 3.21. The van der Waals surface area contributed by atoms with Gasteiger partial charge in [0, 0.05) is 39.0 Å². The number of hydrogen-bond donors (Lipinski definition) is 0. The normalized spacial score (nSPS) is 11.0. The van der Waals surface area contributed by atoms with Crippen molar-refractivity contribution in [1.82, 2.24) is 19.0 Å². The molecule has 24 heavy (non-hydrogen) atoms. The van der Waals surface area contributed by atoms with Gasteiger partial charge in [-0.05, 0) is 23.8 Å². The van der Waals surface area contributed by atoms with Crippen molar-refractivity contribution in [2.24, 2.45) is 7.05 Å². The number of benzene rings is 1. The first-order valence-electron chi connectivity index (χ1n) is 7.83. The molecule has 6 heteroatoms. The van der Waals surface area contributed by atoms with Gasteiger partial charge in [-0.1, -0.05) is 18.2 Å². The first-order valence-corrected chi connectivity index (χ1v) is 7.83. The highest BCUT2D eigenvalue weighted by Gasteiger charge is 2.14. The first-order chi connectivity index (χ1) is 11.7. The lowest BCUT2D eigenvalue weighted by atomic mass is 10.2. The highest BCUT2D eigenvalue weighted by atomic mass is 16.1. The fourth-order valence-corrected chi connectivity index (χ4v) is 2.86. The van der Waals surface area contributed by atoms with Gasteiger partial charge in [-0.3, -0.25) is 19.0 Å². The van der Waals surface area contributed by atoms with E-state index in [4.69, 9.17) is 5.26 Å². The molecule has 0 atom stereocenters. The summed E-state index contributed by atoms with van der Waals surface area (Å²) in [4.78, 5) is 18.8. The summed E-state index contributed by atoms with van der Waals surface area (Å²) in [6.45, 7) is 1.68. The fourth-order valence-electron chi connectivity index (χ4n) is 2.86. The largest absolute Gasteiger partial charge is 0.329 e. The van der Waals surface area contributed by atoms with Gasteiger partial charge in [-0.25, -0.2) is 4.79 Å². The summed E-state index contributed by atoms with van der Waals surface area (Å²) in [5, 5.41) is 8.92. The number of aryl methyl sites for hydroxylation is 1.